The first-order chi connectivity index (χ1) is 8.33. The number of nitrogen functional groups attached to an aromatic ring is 1. The molecule has 3 aromatic rings. The minimum Gasteiger partial charge on any atom is -0.381 e. The molecule has 0 spiro atoms. The molecule has 3 rings (SSSR count). The van der Waals surface area contributed by atoms with Crippen molar-refractivity contribution in [1.82, 2.24) is 20.2 Å². The summed E-state index contributed by atoms with van der Waals surface area (Å²) in [4.78, 5) is 8.77. The third-order valence-corrected chi connectivity index (χ3v) is 3.86. The number of hydrogen-bond acceptors (Lipinski definition) is 7. The first kappa shape index (κ1) is 10.4. The highest BCUT2D eigenvalue weighted by Crippen LogP contribution is 2.31. The number of nitrogens with zero attached hydrogens (tertiary/aromatic N) is 4. The Hall–Kier alpha value is -1.73. The van der Waals surface area contributed by atoms with Gasteiger partial charge in [-0.05, 0) is 23.9 Å². The minimum atomic E-state index is 0.420. The normalized spacial score (nSPS) is 10.8. The van der Waals surface area contributed by atoms with E-state index in [1.807, 2.05) is 24.3 Å². The summed E-state index contributed by atoms with van der Waals surface area (Å²) in [5.41, 5.74) is 9.16. The van der Waals surface area contributed by atoms with E-state index < -0.39 is 0 Å². The van der Waals surface area contributed by atoms with E-state index in [2.05, 4.69) is 20.2 Å². The van der Waals surface area contributed by atoms with Gasteiger partial charge in [-0.15, -0.1) is 10.2 Å². The Morgan fingerprint density at radius 3 is 2.59 bits per heavy atom. The van der Waals surface area contributed by atoms with Gasteiger partial charge in [-0.25, -0.2) is 9.97 Å². The van der Waals surface area contributed by atoms with Crippen molar-refractivity contribution in [3.05, 3.63) is 29.8 Å². The summed E-state index contributed by atoms with van der Waals surface area (Å²) < 4.78 is 0.807. The fraction of sp³-hybridized carbons (Fsp3) is 0. The summed E-state index contributed by atoms with van der Waals surface area (Å²) >= 11 is 2.83. The average molecular weight is 261 g/mol. The highest BCUT2D eigenvalue weighted by molar-refractivity contribution is 8.01. The first-order valence-corrected chi connectivity index (χ1v) is 6.49. The number of rotatable bonds is 2. The van der Waals surface area contributed by atoms with Gasteiger partial charge in [-0.1, -0.05) is 23.5 Å². The zero-order valence-electron chi connectivity index (χ0n) is 8.57. The SMILES string of the molecule is Nc1nc2ccccc2nc1Sc1nncs1. The molecule has 17 heavy (non-hydrogen) atoms. The zero-order valence-corrected chi connectivity index (χ0v) is 10.2. The molecule has 0 aliphatic carbocycles. The molecule has 2 N–H and O–H groups in total. The molecule has 5 nitrogen and oxygen atoms in total. The zero-order chi connectivity index (χ0) is 11.7. The molecule has 0 saturated heterocycles. The number of anilines is 1. The molecule has 0 aliphatic rings. The first-order valence-electron chi connectivity index (χ1n) is 4.79. The fourth-order valence-corrected chi connectivity index (χ4v) is 2.75. The number of hydrogen-bond donors (Lipinski definition) is 1. The molecular formula is C10H7N5S2. The van der Waals surface area contributed by atoms with Gasteiger partial charge in [-0.2, -0.15) is 0 Å². The maximum atomic E-state index is 5.87. The maximum Gasteiger partial charge on any atom is 0.180 e. The van der Waals surface area contributed by atoms with Crippen LogP contribution in [-0.2, 0) is 0 Å². The predicted molar refractivity (Wildman–Crippen MR) is 68.0 cm³/mol. The lowest BCUT2D eigenvalue weighted by Gasteiger charge is -2.03. The number of fused-ring (bicyclic) bond motifs is 1. The van der Waals surface area contributed by atoms with Crippen LogP contribution >= 0.6 is 23.1 Å². The van der Waals surface area contributed by atoms with Crippen LogP contribution in [0.15, 0.2) is 39.1 Å². The van der Waals surface area contributed by atoms with Crippen LogP contribution in [0.3, 0.4) is 0 Å². The Kier molecular flexibility index (Phi) is 2.62. The molecular weight excluding hydrogens is 254 g/mol. The van der Waals surface area contributed by atoms with Crippen LogP contribution < -0.4 is 5.73 Å². The van der Waals surface area contributed by atoms with Crippen LogP contribution in [0.4, 0.5) is 5.82 Å². The maximum absolute atomic E-state index is 5.87. The summed E-state index contributed by atoms with van der Waals surface area (Å²) in [7, 11) is 0. The van der Waals surface area contributed by atoms with E-state index in [9.17, 15) is 0 Å². The largest absolute Gasteiger partial charge is 0.381 e. The van der Waals surface area contributed by atoms with Gasteiger partial charge in [0.2, 0.25) is 0 Å². The van der Waals surface area contributed by atoms with E-state index in [4.69, 9.17) is 5.73 Å². The molecule has 84 valence electrons. The molecule has 0 atom stereocenters. The quantitative estimate of drug-likeness (QED) is 0.762. The predicted octanol–water partition coefficient (Wildman–Crippen LogP) is 2.21. The topological polar surface area (TPSA) is 77.6 Å². The van der Waals surface area contributed by atoms with E-state index >= 15 is 0 Å². The van der Waals surface area contributed by atoms with Crippen LogP contribution in [0.5, 0.6) is 0 Å². The summed E-state index contributed by atoms with van der Waals surface area (Å²) in [6.07, 6.45) is 0. The Bertz CT molecular complexity index is 653. The van der Waals surface area contributed by atoms with Crippen molar-refractivity contribution in [1.29, 1.82) is 0 Å². The Morgan fingerprint density at radius 2 is 1.88 bits per heavy atom. The molecule has 0 bridgehead atoms. The van der Waals surface area contributed by atoms with Crippen LogP contribution in [0.2, 0.25) is 0 Å². The Labute approximate surface area is 105 Å². The summed E-state index contributed by atoms with van der Waals surface area (Å²) in [5.74, 6) is 0.420. The summed E-state index contributed by atoms with van der Waals surface area (Å²) in [6.45, 7) is 0. The van der Waals surface area contributed by atoms with Gasteiger partial charge in [0.05, 0.1) is 11.0 Å². The molecule has 0 radical (unpaired) electrons. The second-order valence-corrected chi connectivity index (χ2v) is 5.28. The van der Waals surface area contributed by atoms with Crippen molar-refractivity contribution in [3.8, 4) is 0 Å². The second-order valence-electron chi connectivity index (χ2n) is 3.21. The van der Waals surface area contributed by atoms with Crippen molar-refractivity contribution < 1.29 is 0 Å². The van der Waals surface area contributed by atoms with Gasteiger partial charge >= 0.3 is 0 Å². The average Bonchev–Trinajstić information content (AvgIpc) is 2.83. The van der Waals surface area contributed by atoms with Crippen LogP contribution in [0, 0.1) is 0 Å². The number of nitrogens with two attached hydrogens (primary N) is 1. The Morgan fingerprint density at radius 1 is 1.12 bits per heavy atom. The molecule has 7 heteroatoms. The molecule has 0 amide bonds. The van der Waals surface area contributed by atoms with Crippen molar-refractivity contribution in [2.24, 2.45) is 0 Å². The van der Waals surface area contributed by atoms with Gasteiger partial charge in [0, 0.05) is 0 Å². The van der Waals surface area contributed by atoms with Crippen molar-refractivity contribution in [2.75, 3.05) is 5.73 Å². The monoisotopic (exact) mass is 261 g/mol. The van der Waals surface area contributed by atoms with Crippen molar-refractivity contribution in [3.63, 3.8) is 0 Å². The lowest BCUT2D eigenvalue weighted by atomic mass is 10.3. The molecule has 0 saturated carbocycles. The molecule has 0 fully saturated rings. The minimum absolute atomic E-state index is 0.420. The molecule has 0 aliphatic heterocycles. The smallest absolute Gasteiger partial charge is 0.180 e. The highest BCUT2D eigenvalue weighted by atomic mass is 32.2. The standard InChI is InChI=1S/C10H7N5S2/c11-8-9(17-10-15-12-5-16-10)14-7-4-2-1-3-6(7)13-8/h1-5H,(H2,11,13). The van der Waals surface area contributed by atoms with Crippen molar-refractivity contribution in [2.45, 2.75) is 9.37 Å². The second kappa shape index (κ2) is 4.27. The van der Waals surface area contributed by atoms with E-state index in [0.29, 0.717) is 10.8 Å². The van der Waals surface area contributed by atoms with E-state index in [1.54, 1.807) is 5.51 Å². The van der Waals surface area contributed by atoms with Gasteiger partial charge < -0.3 is 5.73 Å². The van der Waals surface area contributed by atoms with Crippen molar-refractivity contribution >= 4 is 39.9 Å². The number of aromatic nitrogens is 4. The van der Waals surface area contributed by atoms with E-state index in [-0.39, 0.29) is 0 Å². The molecule has 2 aromatic heterocycles. The van der Waals surface area contributed by atoms with Gasteiger partial charge in [0.1, 0.15) is 10.5 Å². The third-order valence-electron chi connectivity index (χ3n) is 2.09. The summed E-state index contributed by atoms with van der Waals surface area (Å²) in [5, 5.41) is 8.38. The van der Waals surface area contributed by atoms with Crippen LogP contribution in [0.1, 0.15) is 0 Å². The molecule has 0 unspecified atom stereocenters. The molecule has 2 heterocycles. The lowest BCUT2D eigenvalue weighted by Crippen LogP contribution is -1.97. The summed E-state index contributed by atoms with van der Waals surface area (Å²) in [6, 6.07) is 7.63. The van der Waals surface area contributed by atoms with Gasteiger partial charge in [-0.3, -0.25) is 0 Å². The molecule has 1 aromatic carbocycles. The lowest BCUT2D eigenvalue weighted by molar-refractivity contribution is 1.01. The van der Waals surface area contributed by atoms with Crippen LogP contribution in [0.25, 0.3) is 11.0 Å². The number of benzene rings is 1. The Balaban J connectivity index is 2.07. The third kappa shape index (κ3) is 2.06. The van der Waals surface area contributed by atoms with E-state index in [0.717, 1.165) is 15.4 Å². The van der Waals surface area contributed by atoms with Gasteiger partial charge in [0.15, 0.2) is 10.2 Å². The van der Waals surface area contributed by atoms with E-state index in [1.165, 1.54) is 23.1 Å². The fourth-order valence-electron chi connectivity index (χ4n) is 1.36. The highest BCUT2D eigenvalue weighted by Gasteiger charge is 2.09. The number of para-hydroxylation sites is 2. The van der Waals surface area contributed by atoms with Crippen LogP contribution in [-0.4, -0.2) is 20.2 Å². The van der Waals surface area contributed by atoms with Gasteiger partial charge in [0.25, 0.3) is 0 Å².